The molecule has 2 rings (SSSR count). The summed E-state index contributed by atoms with van der Waals surface area (Å²) in [5.41, 5.74) is 16.3. The van der Waals surface area contributed by atoms with Gasteiger partial charge in [-0.2, -0.15) is 10.4 Å². The maximum absolute atomic E-state index is 8.84. The van der Waals surface area contributed by atoms with Crippen LogP contribution in [0, 0.1) is 23.8 Å². The molecule has 3 N–H and O–H groups in total. The zero-order valence-corrected chi connectivity index (χ0v) is 15.7. The Balaban J connectivity index is 2.14. The molecule has 0 unspecified atom stereocenters. The number of nitrogen functional groups attached to an aromatic ring is 1. The van der Waals surface area contributed by atoms with Crippen molar-refractivity contribution in [2.45, 2.75) is 26.8 Å². The summed E-state index contributed by atoms with van der Waals surface area (Å²) in [5.74, 6) is 1.69. The monoisotopic (exact) mass is 365 g/mol. The minimum Gasteiger partial charge on any atom is -0.487 e. The molecule has 0 aliphatic carbocycles. The number of hydrogen-bond donors (Lipinski definition) is 2. The first-order valence-corrected chi connectivity index (χ1v) is 8.50. The first-order valence-electron chi connectivity index (χ1n) is 8.50. The molecule has 0 aliphatic heterocycles. The van der Waals surface area contributed by atoms with Gasteiger partial charge in [-0.05, 0) is 37.6 Å². The summed E-state index contributed by atoms with van der Waals surface area (Å²) in [4.78, 5) is 10.3. The molecular formula is C19H23N7O. The van der Waals surface area contributed by atoms with Crippen molar-refractivity contribution in [3.8, 4) is 11.8 Å². The van der Waals surface area contributed by atoms with Crippen LogP contribution < -0.4 is 10.5 Å². The third-order valence-electron chi connectivity index (χ3n) is 4.05. The molecule has 140 valence electrons. The number of nitriles is 1. The predicted octanol–water partition coefficient (Wildman–Crippen LogP) is 3.40. The molecule has 0 saturated carbocycles. The zero-order chi connectivity index (χ0) is 19.8. The summed E-state index contributed by atoms with van der Waals surface area (Å²) < 4.78 is 5.72. The highest BCUT2D eigenvalue weighted by molar-refractivity contribution is 5.38. The maximum Gasteiger partial charge on any atom is 0.134 e. The molecule has 8 heteroatoms. The number of aryl methyl sites for hydroxylation is 1. The van der Waals surface area contributed by atoms with Crippen LogP contribution in [0.3, 0.4) is 0 Å². The molecule has 0 bridgehead atoms. The second kappa shape index (κ2) is 9.29. The second-order valence-corrected chi connectivity index (χ2v) is 5.97. The number of aromatic nitrogens is 2. The Hall–Kier alpha value is -3.47. The lowest BCUT2D eigenvalue weighted by Crippen LogP contribution is -2.21. The highest BCUT2D eigenvalue weighted by atomic mass is 16.5. The summed E-state index contributed by atoms with van der Waals surface area (Å²) >= 11 is 0. The minimum atomic E-state index is 0.156. The van der Waals surface area contributed by atoms with E-state index in [1.807, 2.05) is 18.9 Å². The molecule has 0 radical (unpaired) electrons. The van der Waals surface area contributed by atoms with E-state index in [0.29, 0.717) is 41.6 Å². The van der Waals surface area contributed by atoms with Gasteiger partial charge in [0.2, 0.25) is 0 Å². The number of allylic oxidation sites excluding steroid dienone is 1. The lowest BCUT2D eigenvalue weighted by Gasteiger charge is -2.24. The molecule has 2 aromatic rings. The third kappa shape index (κ3) is 5.25. The summed E-state index contributed by atoms with van der Waals surface area (Å²) in [6.07, 6.45) is 2.39. The summed E-state index contributed by atoms with van der Waals surface area (Å²) in [6.45, 7) is 4.44. The Morgan fingerprint density at radius 1 is 1.37 bits per heavy atom. The van der Waals surface area contributed by atoms with Crippen LogP contribution in [0.4, 0.5) is 5.82 Å². The van der Waals surface area contributed by atoms with Gasteiger partial charge >= 0.3 is 0 Å². The molecule has 1 heterocycles. The first kappa shape index (κ1) is 19.8. The normalized spacial score (nSPS) is 11.3. The largest absolute Gasteiger partial charge is 0.487 e. The number of benzene rings is 1. The van der Waals surface area contributed by atoms with Crippen LogP contribution in [0.15, 0.2) is 47.0 Å². The second-order valence-electron chi connectivity index (χ2n) is 5.97. The average Bonchev–Trinajstić information content (AvgIpc) is 2.67. The summed E-state index contributed by atoms with van der Waals surface area (Å²) in [7, 11) is 1.91. The average molecular weight is 365 g/mol. The number of ether oxygens (including phenoxy) is 1. The van der Waals surface area contributed by atoms with Crippen LogP contribution >= 0.6 is 0 Å². The lowest BCUT2D eigenvalue weighted by atomic mass is 10.2. The van der Waals surface area contributed by atoms with Gasteiger partial charge in [0.05, 0.1) is 11.6 Å². The molecule has 8 nitrogen and oxygen atoms in total. The van der Waals surface area contributed by atoms with Crippen molar-refractivity contribution in [3.63, 3.8) is 0 Å². The van der Waals surface area contributed by atoms with Gasteiger partial charge in [-0.3, -0.25) is 0 Å². The van der Waals surface area contributed by atoms with Crippen LogP contribution in [-0.4, -0.2) is 28.5 Å². The number of nitrogens with zero attached hydrogens (tertiary/aromatic N) is 5. The smallest absolute Gasteiger partial charge is 0.134 e. The van der Waals surface area contributed by atoms with Gasteiger partial charge in [0.25, 0.3) is 0 Å². The zero-order valence-electron chi connectivity index (χ0n) is 15.7. The van der Waals surface area contributed by atoms with E-state index in [1.54, 1.807) is 37.4 Å². The Labute approximate surface area is 158 Å². The van der Waals surface area contributed by atoms with Gasteiger partial charge in [0.1, 0.15) is 29.7 Å². The molecular weight excluding hydrogens is 342 g/mol. The lowest BCUT2D eigenvalue weighted by molar-refractivity contribution is 0.330. The summed E-state index contributed by atoms with van der Waals surface area (Å²) in [6, 6.07) is 8.88. The van der Waals surface area contributed by atoms with Crippen LogP contribution in [-0.2, 0) is 6.54 Å². The standard InChI is InChI=1S/C19H23N7O/c1-4-18(26(3)11-15-10-23-13(2)24-19(15)21)17(25-22)12-27-16-7-5-14(9-20)6-8-16/h5-8,10,22H,4,11-12H2,1-3H3,(H2,21,23,24). The minimum absolute atomic E-state index is 0.156. The van der Waals surface area contributed by atoms with E-state index in [9.17, 15) is 0 Å². The Bertz CT molecular complexity index is 869. The molecule has 0 spiro atoms. The highest BCUT2D eigenvalue weighted by Gasteiger charge is 2.13. The van der Waals surface area contributed by atoms with Gasteiger partial charge in [0, 0.05) is 31.0 Å². The van der Waals surface area contributed by atoms with Crippen molar-refractivity contribution < 1.29 is 4.74 Å². The van der Waals surface area contributed by atoms with Gasteiger partial charge in [-0.15, -0.1) is 0 Å². The number of nitrogens with two attached hydrogens (primary N) is 1. The number of nitrogens with one attached hydrogen (secondary N) is 1. The molecule has 1 aromatic heterocycles. The Morgan fingerprint density at radius 2 is 2.07 bits per heavy atom. The van der Waals surface area contributed by atoms with Gasteiger partial charge in [-0.25, -0.2) is 15.5 Å². The molecule has 0 amide bonds. The molecule has 0 fully saturated rings. The van der Waals surface area contributed by atoms with Crippen LogP contribution in [0.2, 0.25) is 0 Å². The topological polar surface area (TPSA) is 124 Å². The third-order valence-corrected chi connectivity index (χ3v) is 4.05. The van der Waals surface area contributed by atoms with Crippen LogP contribution in [0.5, 0.6) is 5.75 Å². The fourth-order valence-electron chi connectivity index (χ4n) is 2.64. The number of rotatable bonds is 8. The van der Waals surface area contributed by atoms with Crippen molar-refractivity contribution in [1.29, 1.82) is 10.8 Å². The SMILES string of the molecule is CCC(=C(COc1ccc(C#N)cc1)N=N)N(C)Cc1cnc(C)nc1N. The van der Waals surface area contributed by atoms with Gasteiger partial charge in [0.15, 0.2) is 0 Å². The van der Waals surface area contributed by atoms with Crippen LogP contribution in [0.1, 0.15) is 30.3 Å². The maximum atomic E-state index is 8.84. The van der Waals surface area contributed by atoms with Gasteiger partial charge < -0.3 is 15.4 Å². The number of hydrogen-bond acceptors (Lipinski definition) is 8. The van der Waals surface area contributed by atoms with Crippen LogP contribution in [0.25, 0.3) is 0 Å². The van der Waals surface area contributed by atoms with E-state index in [1.165, 1.54) is 0 Å². The van der Waals surface area contributed by atoms with Crippen molar-refractivity contribution in [3.05, 3.63) is 58.8 Å². The van der Waals surface area contributed by atoms with Crippen molar-refractivity contribution >= 4 is 5.82 Å². The fourth-order valence-corrected chi connectivity index (χ4v) is 2.64. The van der Waals surface area contributed by atoms with Crippen molar-refractivity contribution in [2.75, 3.05) is 19.4 Å². The van der Waals surface area contributed by atoms with E-state index in [-0.39, 0.29) is 6.61 Å². The summed E-state index contributed by atoms with van der Waals surface area (Å²) in [5, 5.41) is 12.5. The quantitative estimate of drug-likeness (QED) is 0.691. The Kier molecular flexibility index (Phi) is 6.83. The van der Waals surface area contributed by atoms with Gasteiger partial charge in [-0.1, -0.05) is 6.92 Å². The molecule has 0 atom stereocenters. The van der Waals surface area contributed by atoms with E-state index in [4.69, 9.17) is 21.3 Å². The van der Waals surface area contributed by atoms with E-state index >= 15 is 0 Å². The molecule has 0 aliphatic rings. The predicted molar refractivity (Wildman–Crippen MR) is 102 cm³/mol. The van der Waals surface area contributed by atoms with Crippen molar-refractivity contribution in [2.24, 2.45) is 5.11 Å². The molecule has 1 aromatic carbocycles. The molecule has 27 heavy (non-hydrogen) atoms. The fraction of sp³-hybridized carbons (Fsp3) is 0.316. The van der Waals surface area contributed by atoms with E-state index in [0.717, 1.165) is 11.3 Å². The van der Waals surface area contributed by atoms with E-state index < -0.39 is 0 Å². The van der Waals surface area contributed by atoms with Crippen molar-refractivity contribution in [1.82, 2.24) is 14.9 Å². The van der Waals surface area contributed by atoms with E-state index in [2.05, 4.69) is 21.2 Å². The number of anilines is 1. The highest BCUT2D eigenvalue weighted by Crippen LogP contribution is 2.20. The molecule has 0 saturated heterocycles. The Morgan fingerprint density at radius 3 is 2.63 bits per heavy atom. The first-order chi connectivity index (χ1) is 13.0.